The average molecular weight is 381 g/mol. The summed E-state index contributed by atoms with van der Waals surface area (Å²) < 4.78 is 32.6. The van der Waals surface area contributed by atoms with Crippen LogP contribution in [0.1, 0.15) is 26.2 Å². The lowest BCUT2D eigenvalue weighted by Crippen LogP contribution is -2.35. The molecule has 3 rings (SSSR count). The van der Waals surface area contributed by atoms with Crippen LogP contribution in [0.4, 0.5) is 0 Å². The SMILES string of the molecule is CC(=O)CSc1nnc(-c2cccc(S(=O)(=O)N3CCCCC3)c2)o1. The third-order valence-corrected chi connectivity index (χ3v) is 6.70. The van der Waals surface area contributed by atoms with Crippen LogP contribution in [0.5, 0.6) is 0 Å². The second-order valence-electron chi connectivity index (χ2n) is 5.86. The highest BCUT2D eigenvalue weighted by Gasteiger charge is 2.26. The largest absolute Gasteiger partial charge is 0.411 e. The van der Waals surface area contributed by atoms with Crippen molar-refractivity contribution in [3.05, 3.63) is 24.3 Å². The van der Waals surface area contributed by atoms with Crippen LogP contribution in [0.25, 0.3) is 11.5 Å². The van der Waals surface area contributed by atoms with Gasteiger partial charge in [-0.1, -0.05) is 24.2 Å². The summed E-state index contributed by atoms with van der Waals surface area (Å²) in [6.45, 7) is 2.59. The Morgan fingerprint density at radius 1 is 1.24 bits per heavy atom. The molecular weight excluding hydrogens is 362 g/mol. The van der Waals surface area contributed by atoms with Gasteiger partial charge in [0.05, 0.1) is 10.6 Å². The van der Waals surface area contributed by atoms with Crippen LogP contribution in [0, 0.1) is 0 Å². The van der Waals surface area contributed by atoms with E-state index in [-0.39, 0.29) is 27.5 Å². The number of benzene rings is 1. The number of ketones is 1. The number of hydrogen-bond donors (Lipinski definition) is 0. The molecule has 0 aliphatic carbocycles. The standard InChI is InChI=1S/C16H19N3O4S2/c1-12(20)11-24-16-18-17-15(23-16)13-6-5-7-14(10-13)25(21,22)19-8-3-2-4-9-19/h5-7,10H,2-4,8-9,11H2,1H3. The maximum Gasteiger partial charge on any atom is 0.277 e. The van der Waals surface area contributed by atoms with Gasteiger partial charge in [0, 0.05) is 18.7 Å². The molecule has 0 spiro atoms. The molecule has 0 radical (unpaired) electrons. The lowest BCUT2D eigenvalue weighted by Gasteiger charge is -2.25. The van der Waals surface area contributed by atoms with Crippen molar-refractivity contribution in [2.45, 2.75) is 36.3 Å². The molecule has 0 unspecified atom stereocenters. The van der Waals surface area contributed by atoms with Gasteiger partial charge in [0.2, 0.25) is 15.9 Å². The minimum Gasteiger partial charge on any atom is -0.411 e. The first-order chi connectivity index (χ1) is 12.0. The summed E-state index contributed by atoms with van der Waals surface area (Å²) in [4.78, 5) is 11.2. The van der Waals surface area contributed by atoms with Gasteiger partial charge in [-0.15, -0.1) is 10.2 Å². The van der Waals surface area contributed by atoms with Gasteiger partial charge in [-0.3, -0.25) is 4.79 Å². The quantitative estimate of drug-likeness (QED) is 0.710. The molecular formula is C16H19N3O4S2. The fraction of sp³-hybridized carbons (Fsp3) is 0.438. The number of carbonyl (C=O) groups is 1. The highest BCUT2D eigenvalue weighted by Crippen LogP contribution is 2.27. The Labute approximate surface area is 150 Å². The van der Waals surface area contributed by atoms with Gasteiger partial charge in [-0.25, -0.2) is 8.42 Å². The number of nitrogens with zero attached hydrogens (tertiary/aromatic N) is 3. The highest BCUT2D eigenvalue weighted by molar-refractivity contribution is 7.99. The molecule has 0 atom stereocenters. The molecule has 0 bridgehead atoms. The maximum absolute atomic E-state index is 12.8. The van der Waals surface area contributed by atoms with Crippen LogP contribution >= 0.6 is 11.8 Å². The molecule has 1 aliphatic heterocycles. The Balaban J connectivity index is 1.83. The lowest BCUT2D eigenvalue weighted by atomic mass is 10.2. The van der Waals surface area contributed by atoms with E-state index >= 15 is 0 Å². The zero-order valence-electron chi connectivity index (χ0n) is 13.8. The van der Waals surface area contributed by atoms with Crippen LogP contribution < -0.4 is 0 Å². The predicted molar refractivity (Wildman–Crippen MR) is 93.7 cm³/mol. The van der Waals surface area contributed by atoms with Gasteiger partial charge in [-0.2, -0.15) is 4.31 Å². The zero-order chi connectivity index (χ0) is 17.9. The normalized spacial score (nSPS) is 16.0. The number of Topliss-reactive ketones (excluding diaryl/α,β-unsaturated/α-hetero) is 1. The topological polar surface area (TPSA) is 93.4 Å². The van der Waals surface area contributed by atoms with E-state index < -0.39 is 10.0 Å². The first-order valence-corrected chi connectivity index (χ1v) is 10.5. The van der Waals surface area contributed by atoms with Gasteiger partial charge in [0.15, 0.2) is 0 Å². The van der Waals surface area contributed by atoms with Crippen molar-refractivity contribution in [3.8, 4) is 11.5 Å². The monoisotopic (exact) mass is 381 g/mol. The number of carbonyl (C=O) groups excluding carboxylic acids is 1. The van der Waals surface area contributed by atoms with Crippen LogP contribution in [-0.2, 0) is 14.8 Å². The van der Waals surface area contributed by atoms with E-state index in [9.17, 15) is 13.2 Å². The Bertz CT molecular complexity index is 858. The average Bonchev–Trinajstić information content (AvgIpc) is 3.10. The first-order valence-electron chi connectivity index (χ1n) is 8.03. The van der Waals surface area contributed by atoms with E-state index in [1.807, 2.05) is 0 Å². The smallest absolute Gasteiger partial charge is 0.277 e. The molecule has 2 heterocycles. The number of rotatable bonds is 6. The third-order valence-electron chi connectivity index (χ3n) is 3.84. The van der Waals surface area contributed by atoms with Gasteiger partial charge in [-0.05, 0) is 38.0 Å². The van der Waals surface area contributed by atoms with Crippen molar-refractivity contribution in [3.63, 3.8) is 0 Å². The van der Waals surface area contributed by atoms with Crippen LogP contribution in [0.3, 0.4) is 0 Å². The summed E-state index contributed by atoms with van der Waals surface area (Å²) in [6, 6.07) is 6.52. The van der Waals surface area contributed by atoms with Crippen LogP contribution in [-0.4, -0.2) is 47.5 Å². The summed E-state index contributed by atoms with van der Waals surface area (Å²) in [7, 11) is -3.51. The van der Waals surface area contributed by atoms with Gasteiger partial charge >= 0.3 is 0 Å². The highest BCUT2D eigenvalue weighted by atomic mass is 32.2. The minimum atomic E-state index is -3.51. The molecule has 2 aromatic rings. The number of aromatic nitrogens is 2. The Hall–Kier alpha value is -1.71. The molecule has 0 N–H and O–H groups in total. The second-order valence-corrected chi connectivity index (χ2v) is 8.72. The number of piperidine rings is 1. The minimum absolute atomic E-state index is 0.0133. The van der Waals surface area contributed by atoms with Crippen LogP contribution in [0.15, 0.2) is 38.8 Å². The predicted octanol–water partition coefficient (Wildman–Crippen LogP) is 2.59. The molecule has 25 heavy (non-hydrogen) atoms. The first kappa shape index (κ1) is 18.1. The molecule has 1 fully saturated rings. The van der Waals surface area contributed by atoms with E-state index in [2.05, 4.69) is 10.2 Å². The van der Waals surface area contributed by atoms with E-state index in [4.69, 9.17) is 4.42 Å². The number of thioether (sulfide) groups is 1. The summed E-state index contributed by atoms with van der Waals surface area (Å²) in [5.41, 5.74) is 0.542. The molecule has 9 heteroatoms. The molecule has 0 saturated carbocycles. The fourth-order valence-electron chi connectivity index (χ4n) is 2.59. The molecule has 1 aromatic heterocycles. The summed E-state index contributed by atoms with van der Waals surface area (Å²) in [5, 5.41) is 8.11. The van der Waals surface area contributed by atoms with Gasteiger partial charge < -0.3 is 4.42 Å². The Kier molecular flexibility index (Phi) is 5.55. The molecule has 7 nitrogen and oxygen atoms in total. The molecule has 1 saturated heterocycles. The summed E-state index contributed by atoms with van der Waals surface area (Å²) in [6.07, 6.45) is 2.84. The van der Waals surface area contributed by atoms with Crippen molar-refractivity contribution < 1.29 is 17.6 Å². The van der Waals surface area contributed by atoms with E-state index in [0.29, 0.717) is 18.7 Å². The number of sulfonamides is 1. The molecule has 1 aliphatic rings. The van der Waals surface area contributed by atoms with Crippen molar-refractivity contribution in [2.24, 2.45) is 0 Å². The van der Waals surface area contributed by atoms with Gasteiger partial charge in [0.1, 0.15) is 5.78 Å². The second kappa shape index (κ2) is 7.67. The Morgan fingerprint density at radius 3 is 2.72 bits per heavy atom. The van der Waals surface area contributed by atoms with Crippen molar-refractivity contribution >= 4 is 27.6 Å². The van der Waals surface area contributed by atoms with Gasteiger partial charge in [0.25, 0.3) is 5.22 Å². The van der Waals surface area contributed by atoms with Crippen molar-refractivity contribution in [2.75, 3.05) is 18.8 Å². The van der Waals surface area contributed by atoms with E-state index in [0.717, 1.165) is 31.0 Å². The zero-order valence-corrected chi connectivity index (χ0v) is 15.5. The number of hydrogen-bond acceptors (Lipinski definition) is 7. The third kappa shape index (κ3) is 4.28. The fourth-order valence-corrected chi connectivity index (χ4v) is 4.72. The molecule has 0 amide bonds. The van der Waals surface area contributed by atoms with E-state index in [1.54, 1.807) is 24.3 Å². The van der Waals surface area contributed by atoms with Crippen LogP contribution in [0.2, 0.25) is 0 Å². The molecule has 1 aromatic carbocycles. The van der Waals surface area contributed by atoms with Crippen molar-refractivity contribution in [1.82, 2.24) is 14.5 Å². The lowest BCUT2D eigenvalue weighted by molar-refractivity contribution is -0.114. The van der Waals surface area contributed by atoms with Crippen molar-refractivity contribution in [1.29, 1.82) is 0 Å². The summed E-state index contributed by atoms with van der Waals surface area (Å²) >= 11 is 1.16. The van der Waals surface area contributed by atoms with E-state index in [1.165, 1.54) is 11.2 Å². The Morgan fingerprint density at radius 2 is 2.00 bits per heavy atom. The summed E-state index contributed by atoms with van der Waals surface area (Å²) in [5.74, 6) is 0.506. The molecule has 134 valence electrons. The maximum atomic E-state index is 12.8.